The molecule has 1 aliphatic heterocycles. The largest absolute Gasteiger partial charge is 0.573 e. The van der Waals surface area contributed by atoms with E-state index in [1.54, 1.807) is 35.2 Å². The smallest absolute Gasteiger partial charge is 0.492 e. The Morgan fingerprint density at radius 2 is 1.70 bits per heavy atom. The second-order valence-corrected chi connectivity index (χ2v) is 7.49. The monoisotopic (exact) mass is 466 g/mol. The number of halogens is 3. The third-order valence-electron chi connectivity index (χ3n) is 4.92. The molecule has 2 amide bonds. The number of benzene rings is 2. The molecule has 7 nitrogen and oxygen atoms in total. The number of carbonyl (C=O) groups is 2. The molecule has 3 rings (SSSR count). The minimum absolute atomic E-state index is 0.112. The molecule has 1 fully saturated rings. The summed E-state index contributed by atoms with van der Waals surface area (Å²) in [6.45, 7) is 3.09. The van der Waals surface area contributed by atoms with Gasteiger partial charge in [0, 0.05) is 44.5 Å². The highest BCUT2D eigenvalue weighted by Gasteiger charge is 2.31. The third-order valence-corrected chi connectivity index (χ3v) is 4.92. The van der Waals surface area contributed by atoms with Crippen molar-refractivity contribution in [3.05, 3.63) is 54.1 Å². The van der Waals surface area contributed by atoms with Crippen LogP contribution in [0.15, 0.2) is 48.5 Å². The summed E-state index contributed by atoms with van der Waals surface area (Å²) in [6, 6.07) is 12.2. The highest BCUT2D eigenvalue weighted by Crippen LogP contribution is 2.28. The van der Waals surface area contributed by atoms with E-state index in [0.29, 0.717) is 50.4 Å². The molecule has 178 valence electrons. The molecule has 1 heterocycles. The molecule has 0 aliphatic carbocycles. The summed E-state index contributed by atoms with van der Waals surface area (Å²) < 4.78 is 52.4. The molecule has 0 unspecified atom stereocenters. The molecule has 1 N–H and O–H groups in total. The lowest BCUT2D eigenvalue weighted by Gasteiger charge is -2.32. The molecule has 0 atom stereocenters. The van der Waals surface area contributed by atoms with Crippen LogP contribution in [-0.2, 0) is 4.79 Å². The van der Waals surface area contributed by atoms with Crippen LogP contribution in [-0.4, -0.2) is 55.4 Å². The SMILES string of the molecule is CC(=O)NCCOc1ccc(C(=O)N2CCC(Oc3cccc(OC(F)(F)F)c3)CC2)cc1. The van der Waals surface area contributed by atoms with Crippen LogP contribution in [0.4, 0.5) is 13.2 Å². The van der Waals surface area contributed by atoms with Crippen molar-refractivity contribution in [1.82, 2.24) is 10.2 Å². The first-order valence-corrected chi connectivity index (χ1v) is 10.5. The van der Waals surface area contributed by atoms with Gasteiger partial charge in [0.25, 0.3) is 5.91 Å². The highest BCUT2D eigenvalue weighted by molar-refractivity contribution is 5.94. The van der Waals surface area contributed by atoms with Gasteiger partial charge in [-0.3, -0.25) is 9.59 Å². The number of carbonyl (C=O) groups excluding carboxylic acids is 2. The van der Waals surface area contributed by atoms with Gasteiger partial charge in [-0.25, -0.2) is 0 Å². The number of hydrogen-bond donors (Lipinski definition) is 1. The average Bonchev–Trinajstić information content (AvgIpc) is 2.76. The lowest BCUT2D eigenvalue weighted by Crippen LogP contribution is -2.41. The quantitative estimate of drug-likeness (QED) is 0.600. The zero-order valence-corrected chi connectivity index (χ0v) is 18.1. The van der Waals surface area contributed by atoms with Gasteiger partial charge in [0.05, 0.1) is 6.54 Å². The van der Waals surface area contributed by atoms with Gasteiger partial charge in [-0.1, -0.05) is 6.07 Å². The summed E-state index contributed by atoms with van der Waals surface area (Å²) in [4.78, 5) is 25.3. The fourth-order valence-electron chi connectivity index (χ4n) is 3.39. The number of rotatable bonds is 8. The van der Waals surface area contributed by atoms with E-state index in [9.17, 15) is 22.8 Å². The maximum Gasteiger partial charge on any atom is 0.573 e. The topological polar surface area (TPSA) is 77.1 Å². The first-order valence-electron chi connectivity index (χ1n) is 10.5. The van der Waals surface area contributed by atoms with Gasteiger partial charge < -0.3 is 24.4 Å². The molecule has 1 aliphatic rings. The van der Waals surface area contributed by atoms with Crippen molar-refractivity contribution < 1.29 is 37.0 Å². The predicted molar refractivity (Wildman–Crippen MR) is 113 cm³/mol. The fraction of sp³-hybridized carbons (Fsp3) is 0.391. The normalized spacial score (nSPS) is 14.5. The number of likely N-dealkylation sites (tertiary alicyclic amines) is 1. The van der Waals surface area contributed by atoms with Crippen molar-refractivity contribution in [2.45, 2.75) is 32.2 Å². The Bertz CT molecular complexity index is 942. The van der Waals surface area contributed by atoms with Crippen LogP contribution in [0, 0.1) is 0 Å². The van der Waals surface area contributed by atoms with Crippen LogP contribution >= 0.6 is 0 Å². The Morgan fingerprint density at radius 1 is 1.03 bits per heavy atom. The maximum absolute atomic E-state index is 12.8. The van der Waals surface area contributed by atoms with E-state index in [1.807, 2.05) is 0 Å². The molecule has 0 saturated carbocycles. The van der Waals surface area contributed by atoms with Crippen molar-refractivity contribution >= 4 is 11.8 Å². The van der Waals surface area contributed by atoms with E-state index in [0.717, 1.165) is 0 Å². The van der Waals surface area contributed by atoms with Gasteiger partial charge >= 0.3 is 6.36 Å². The van der Waals surface area contributed by atoms with E-state index in [1.165, 1.54) is 25.1 Å². The van der Waals surface area contributed by atoms with Gasteiger partial charge in [0.2, 0.25) is 5.91 Å². The molecule has 0 radical (unpaired) electrons. The van der Waals surface area contributed by atoms with Crippen molar-refractivity contribution in [2.24, 2.45) is 0 Å². The van der Waals surface area contributed by atoms with E-state index < -0.39 is 6.36 Å². The van der Waals surface area contributed by atoms with Gasteiger partial charge in [0.15, 0.2) is 0 Å². The Morgan fingerprint density at radius 3 is 2.33 bits per heavy atom. The molecule has 2 aromatic rings. The summed E-state index contributed by atoms with van der Waals surface area (Å²) in [5, 5.41) is 2.63. The summed E-state index contributed by atoms with van der Waals surface area (Å²) in [5.74, 6) is 0.308. The summed E-state index contributed by atoms with van der Waals surface area (Å²) in [6.07, 6.45) is -3.86. The molecular weight excluding hydrogens is 441 g/mol. The molecular formula is C23H25F3N2O5. The second kappa shape index (κ2) is 10.9. The van der Waals surface area contributed by atoms with Gasteiger partial charge in [-0.2, -0.15) is 0 Å². The Kier molecular flexibility index (Phi) is 8.02. The number of nitrogens with one attached hydrogen (secondary N) is 1. The maximum atomic E-state index is 12.8. The average molecular weight is 466 g/mol. The molecule has 2 aromatic carbocycles. The standard InChI is InChI=1S/C23H25F3N2O5/c1-16(29)27-11-14-31-18-7-5-17(6-8-18)22(30)28-12-9-19(10-13-28)32-20-3-2-4-21(15-20)33-23(24,25)26/h2-8,15,19H,9-14H2,1H3,(H,27,29). The molecule has 1 saturated heterocycles. The van der Waals surface area contributed by atoms with Crippen LogP contribution in [0.2, 0.25) is 0 Å². The number of nitrogens with zero attached hydrogens (tertiary/aromatic N) is 1. The third kappa shape index (κ3) is 7.89. The first kappa shape index (κ1) is 24.2. The van der Waals surface area contributed by atoms with Crippen molar-refractivity contribution in [3.8, 4) is 17.2 Å². The zero-order chi connectivity index (χ0) is 23.8. The van der Waals surface area contributed by atoms with Gasteiger partial charge in [0.1, 0.15) is 30.0 Å². The predicted octanol–water partition coefficient (Wildman–Crippen LogP) is 3.78. The number of hydrogen-bond acceptors (Lipinski definition) is 5. The number of amides is 2. The zero-order valence-electron chi connectivity index (χ0n) is 18.1. The summed E-state index contributed by atoms with van der Waals surface area (Å²) >= 11 is 0. The van der Waals surface area contributed by atoms with E-state index in [4.69, 9.17) is 9.47 Å². The minimum atomic E-state index is -4.76. The van der Waals surface area contributed by atoms with Crippen molar-refractivity contribution in [3.63, 3.8) is 0 Å². The Balaban J connectivity index is 1.46. The number of alkyl halides is 3. The van der Waals surface area contributed by atoms with Gasteiger partial charge in [-0.15, -0.1) is 13.2 Å². The van der Waals surface area contributed by atoms with Crippen LogP contribution in [0.3, 0.4) is 0 Å². The van der Waals surface area contributed by atoms with Crippen molar-refractivity contribution in [2.75, 3.05) is 26.2 Å². The van der Waals surface area contributed by atoms with E-state index >= 15 is 0 Å². The van der Waals surface area contributed by atoms with Crippen LogP contribution in [0.1, 0.15) is 30.1 Å². The molecule has 0 bridgehead atoms. The second-order valence-electron chi connectivity index (χ2n) is 7.49. The lowest BCUT2D eigenvalue weighted by molar-refractivity contribution is -0.274. The Labute approximate surface area is 189 Å². The fourth-order valence-corrected chi connectivity index (χ4v) is 3.39. The highest BCUT2D eigenvalue weighted by atomic mass is 19.4. The Hall–Kier alpha value is -3.43. The minimum Gasteiger partial charge on any atom is -0.492 e. The summed E-state index contributed by atoms with van der Waals surface area (Å²) in [7, 11) is 0. The number of ether oxygens (including phenoxy) is 3. The molecule has 0 spiro atoms. The van der Waals surface area contributed by atoms with Crippen LogP contribution in [0.5, 0.6) is 17.2 Å². The van der Waals surface area contributed by atoms with Crippen LogP contribution < -0.4 is 19.5 Å². The van der Waals surface area contributed by atoms with E-state index in [2.05, 4.69) is 10.1 Å². The first-order chi connectivity index (χ1) is 15.7. The van der Waals surface area contributed by atoms with E-state index in [-0.39, 0.29) is 29.4 Å². The number of piperidine rings is 1. The summed E-state index contributed by atoms with van der Waals surface area (Å²) in [5.41, 5.74) is 0.528. The molecule has 0 aromatic heterocycles. The molecule has 33 heavy (non-hydrogen) atoms. The van der Waals surface area contributed by atoms with Gasteiger partial charge in [-0.05, 0) is 36.4 Å². The lowest BCUT2D eigenvalue weighted by atomic mass is 10.1. The van der Waals surface area contributed by atoms with Crippen LogP contribution in [0.25, 0.3) is 0 Å². The molecule has 10 heteroatoms. The van der Waals surface area contributed by atoms with Crippen molar-refractivity contribution in [1.29, 1.82) is 0 Å².